The maximum Gasteiger partial charge on any atom is 0.140 e. The predicted molar refractivity (Wildman–Crippen MR) is 201 cm³/mol. The lowest BCUT2D eigenvalue weighted by molar-refractivity contribution is 0.616. The zero-order chi connectivity index (χ0) is 32.6. The highest BCUT2D eigenvalue weighted by atomic mass is 15.2. The molecule has 0 N–H and O–H groups in total. The van der Waals surface area contributed by atoms with Crippen molar-refractivity contribution in [3.8, 4) is 22.3 Å². The molecule has 0 spiro atoms. The summed E-state index contributed by atoms with van der Waals surface area (Å²) in [5, 5.41) is 2.48. The second kappa shape index (κ2) is 12.3. The third kappa shape index (κ3) is 5.14. The molecule has 1 aliphatic rings. The minimum Gasteiger partial charge on any atom is -0.295 e. The molecule has 0 saturated heterocycles. The van der Waals surface area contributed by atoms with Gasteiger partial charge >= 0.3 is 0 Å². The van der Waals surface area contributed by atoms with Gasteiger partial charge in [-0.3, -0.25) is 4.90 Å². The van der Waals surface area contributed by atoms with Crippen LogP contribution in [-0.4, -0.2) is 6.72 Å². The number of hydrogen-bond donors (Lipinski definition) is 0. The normalized spacial score (nSPS) is 14.0. The van der Waals surface area contributed by atoms with Gasteiger partial charge in [-0.25, -0.2) is 4.99 Å². The number of aryl methyl sites for hydroxylation is 1. The highest BCUT2D eigenvalue weighted by Gasteiger charge is 2.38. The van der Waals surface area contributed by atoms with E-state index in [4.69, 9.17) is 0 Å². The summed E-state index contributed by atoms with van der Waals surface area (Å²) < 4.78 is 0. The molecule has 5 aromatic rings. The molecule has 0 bridgehead atoms. The fraction of sp³-hybridized carbons (Fsp3) is 0.159. The van der Waals surface area contributed by atoms with E-state index in [2.05, 4.69) is 174 Å². The maximum absolute atomic E-state index is 4.53. The number of rotatable bonds is 7. The van der Waals surface area contributed by atoms with E-state index in [1.54, 1.807) is 0 Å². The SMILES string of the molecule is C=CC1=C(N=C)N(c2ccccc2)c2ccc(-c3ccc(-c4ccc(C)c(C(/C=C\C)=C(C)C)c4)c4ccccc34)cc2C1(C)C. The van der Waals surface area contributed by atoms with Gasteiger partial charge in [0.05, 0.1) is 5.69 Å². The van der Waals surface area contributed by atoms with Crippen LogP contribution in [0.5, 0.6) is 0 Å². The van der Waals surface area contributed by atoms with Gasteiger partial charge in [-0.15, -0.1) is 0 Å². The van der Waals surface area contributed by atoms with Crippen molar-refractivity contribution in [1.82, 2.24) is 0 Å². The second-order valence-corrected chi connectivity index (χ2v) is 12.8. The Labute approximate surface area is 274 Å². The Morgan fingerprint density at radius 1 is 0.783 bits per heavy atom. The van der Waals surface area contributed by atoms with E-state index in [-0.39, 0.29) is 5.41 Å². The molecule has 2 nitrogen and oxygen atoms in total. The minimum absolute atomic E-state index is 0.321. The molecular formula is C44H42N2. The molecule has 5 aromatic carbocycles. The fourth-order valence-electron chi connectivity index (χ4n) is 6.97. The Hall–Kier alpha value is -5.21. The molecule has 0 unspecified atom stereocenters. The average molecular weight is 599 g/mol. The number of aliphatic imine (C=N–C) groups is 1. The van der Waals surface area contributed by atoms with Gasteiger partial charge in [0, 0.05) is 16.7 Å². The number of nitrogens with zero attached hydrogens (tertiary/aromatic N) is 2. The van der Waals surface area contributed by atoms with Crippen LogP contribution in [0.1, 0.15) is 51.3 Å². The zero-order valence-corrected chi connectivity index (χ0v) is 27.9. The summed E-state index contributed by atoms with van der Waals surface area (Å²) in [6, 6.07) is 37.5. The van der Waals surface area contributed by atoms with Crippen LogP contribution in [0.25, 0.3) is 38.6 Å². The van der Waals surface area contributed by atoms with E-state index < -0.39 is 0 Å². The van der Waals surface area contributed by atoms with E-state index in [1.165, 1.54) is 60.9 Å². The van der Waals surface area contributed by atoms with Crippen LogP contribution < -0.4 is 4.90 Å². The Kier molecular flexibility index (Phi) is 8.23. The summed E-state index contributed by atoms with van der Waals surface area (Å²) >= 11 is 0. The van der Waals surface area contributed by atoms with Crippen LogP contribution >= 0.6 is 0 Å². The van der Waals surface area contributed by atoms with Crippen LogP contribution in [0.2, 0.25) is 0 Å². The molecule has 1 heterocycles. The fourth-order valence-corrected chi connectivity index (χ4v) is 6.97. The smallest absolute Gasteiger partial charge is 0.140 e. The lowest BCUT2D eigenvalue weighted by Crippen LogP contribution is -2.33. The summed E-state index contributed by atoms with van der Waals surface area (Å²) in [6.07, 6.45) is 6.28. The van der Waals surface area contributed by atoms with Crippen molar-refractivity contribution in [3.05, 3.63) is 162 Å². The van der Waals surface area contributed by atoms with Crippen molar-refractivity contribution < 1.29 is 0 Å². The lowest BCUT2D eigenvalue weighted by Gasteiger charge is -2.41. The number of benzene rings is 5. The summed E-state index contributed by atoms with van der Waals surface area (Å²) in [5.41, 5.74) is 14.1. The Morgan fingerprint density at radius 2 is 1.39 bits per heavy atom. The first-order valence-corrected chi connectivity index (χ1v) is 16.0. The highest BCUT2D eigenvalue weighted by molar-refractivity contribution is 6.05. The summed E-state index contributed by atoms with van der Waals surface area (Å²) in [5.74, 6) is 0.824. The maximum atomic E-state index is 4.53. The summed E-state index contributed by atoms with van der Waals surface area (Å²) in [4.78, 5) is 6.74. The molecule has 1 aliphatic heterocycles. The first-order valence-electron chi connectivity index (χ1n) is 16.0. The van der Waals surface area contributed by atoms with Crippen molar-refractivity contribution >= 4 is 34.4 Å². The topological polar surface area (TPSA) is 15.6 Å². The van der Waals surface area contributed by atoms with E-state index >= 15 is 0 Å². The van der Waals surface area contributed by atoms with Gasteiger partial charge in [0.2, 0.25) is 0 Å². The molecule has 0 amide bonds. The van der Waals surface area contributed by atoms with E-state index in [1.807, 2.05) is 12.1 Å². The first kappa shape index (κ1) is 30.8. The number of anilines is 2. The first-order chi connectivity index (χ1) is 22.2. The van der Waals surface area contributed by atoms with Gasteiger partial charge in [0.15, 0.2) is 0 Å². The third-order valence-electron chi connectivity index (χ3n) is 9.35. The van der Waals surface area contributed by atoms with Gasteiger partial charge in [-0.2, -0.15) is 0 Å². The third-order valence-corrected chi connectivity index (χ3v) is 9.35. The molecule has 0 aromatic heterocycles. The minimum atomic E-state index is -0.321. The standard InChI is InChI=1S/C44H42N2/c1-9-16-34(29(3)4)39-27-31(22-21-30(39)5)35-24-25-36(38-20-15-14-19-37(35)38)32-23-26-42-41(28-32)44(6,7)40(10-2)43(45-8)46(42)33-17-12-11-13-18-33/h9-28H,2,8H2,1,3-7H3/b16-9-. The molecule has 228 valence electrons. The Bertz CT molecular complexity index is 2080. The van der Waals surface area contributed by atoms with Gasteiger partial charge < -0.3 is 0 Å². The molecule has 2 heteroatoms. The van der Waals surface area contributed by atoms with E-state index in [9.17, 15) is 0 Å². The Morgan fingerprint density at radius 3 is 1.98 bits per heavy atom. The molecule has 6 rings (SSSR count). The highest BCUT2D eigenvalue weighted by Crippen LogP contribution is 2.50. The van der Waals surface area contributed by atoms with Crippen LogP contribution in [0.4, 0.5) is 11.4 Å². The lowest BCUT2D eigenvalue weighted by atomic mass is 9.73. The summed E-state index contributed by atoms with van der Waals surface area (Å²) in [6.45, 7) is 21.3. The van der Waals surface area contributed by atoms with Gasteiger partial charge in [-0.1, -0.05) is 117 Å². The molecule has 0 aliphatic carbocycles. The van der Waals surface area contributed by atoms with Gasteiger partial charge in [0.1, 0.15) is 5.82 Å². The quantitative estimate of drug-likeness (QED) is 0.134. The van der Waals surface area contributed by atoms with Crippen molar-refractivity contribution in [3.63, 3.8) is 0 Å². The molecule has 0 saturated carbocycles. The second-order valence-electron chi connectivity index (χ2n) is 12.8. The molecule has 0 radical (unpaired) electrons. The monoisotopic (exact) mass is 598 g/mol. The van der Waals surface area contributed by atoms with Crippen LogP contribution in [0, 0.1) is 6.92 Å². The molecular weight excluding hydrogens is 556 g/mol. The van der Waals surface area contributed by atoms with Crippen molar-refractivity contribution in [1.29, 1.82) is 0 Å². The molecule has 0 fully saturated rings. The van der Waals surface area contributed by atoms with Crippen molar-refractivity contribution in [2.75, 3.05) is 4.90 Å². The molecule has 0 atom stereocenters. The molecule has 46 heavy (non-hydrogen) atoms. The van der Waals surface area contributed by atoms with E-state index in [0.717, 1.165) is 22.8 Å². The number of fused-ring (bicyclic) bond motifs is 2. The summed E-state index contributed by atoms with van der Waals surface area (Å²) in [7, 11) is 0. The largest absolute Gasteiger partial charge is 0.295 e. The number of para-hydroxylation sites is 1. The van der Waals surface area contributed by atoms with Gasteiger partial charge in [0.25, 0.3) is 0 Å². The van der Waals surface area contributed by atoms with Crippen LogP contribution in [-0.2, 0) is 5.41 Å². The number of hydrogen-bond acceptors (Lipinski definition) is 2. The average Bonchev–Trinajstić information content (AvgIpc) is 3.07. The van der Waals surface area contributed by atoms with Crippen molar-refractivity contribution in [2.24, 2.45) is 4.99 Å². The van der Waals surface area contributed by atoms with E-state index in [0.29, 0.717) is 0 Å². The predicted octanol–water partition coefficient (Wildman–Crippen LogP) is 12.4. The van der Waals surface area contributed by atoms with Crippen LogP contribution in [0.15, 0.2) is 150 Å². The van der Waals surface area contributed by atoms with Crippen LogP contribution in [0.3, 0.4) is 0 Å². The van der Waals surface area contributed by atoms with Gasteiger partial charge in [-0.05, 0) is 120 Å². The van der Waals surface area contributed by atoms with Crippen molar-refractivity contribution in [2.45, 2.75) is 47.0 Å². The Balaban J connectivity index is 1.54. The zero-order valence-electron chi connectivity index (χ0n) is 27.9. The number of allylic oxidation sites excluding steroid dienone is 6.